The van der Waals surface area contributed by atoms with Crippen molar-refractivity contribution in [2.75, 3.05) is 35.6 Å². The van der Waals surface area contributed by atoms with Crippen molar-refractivity contribution in [3.05, 3.63) is 65.1 Å². The lowest BCUT2D eigenvalue weighted by Crippen LogP contribution is -2.29. The van der Waals surface area contributed by atoms with Crippen LogP contribution in [0, 0.1) is 18.7 Å². The van der Waals surface area contributed by atoms with E-state index in [1.54, 1.807) is 30.0 Å². The Bertz CT molecular complexity index is 1360. The van der Waals surface area contributed by atoms with E-state index in [1.165, 1.54) is 24.4 Å². The van der Waals surface area contributed by atoms with E-state index in [1.807, 2.05) is 0 Å². The number of aromatic hydroxyl groups is 1. The molecule has 2 amide bonds. The Morgan fingerprint density at radius 2 is 2.03 bits per heavy atom. The van der Waals surface area contributed by atoms with Gasteiger partial charge in [-0.3, -0.25) is 9.59 Å². The van der Waals surface area contributed by atoms with Crippen LogP contribution in [-0.2, 0) is 0 Å². The molecule has 1 unspecified atom stereocenters. The van der Waals surface area contributed by atoms with Gasteiger partial charge in [-0.1, -0.05) is 0 Å². The number of aromatic nitrogens is 1. The molecule has 0 spiro atoms. The number of halogens is 1. The summed E-state index contributed by atoms with van der Waals surface area (Å²) in [6.45, 7) is 2.91. The number of aliphatic hydroxyl groups is 1. The van der Waals surface area contributed by atoms with E-state index in [-0.39, 0.29) is 41.3 Å². The number of phenolic OH excluding ortho intramolecular Hbond substituents is 1. The predicted octanol–water partition coefficient (Wildman–Crippen LogP) is 4.13. The first-order valence-electron chi connectivity index (χ1n) is 11.7. The number of benzene rings is 2. The molecule has 5 N–H and O–H groups in total. The quantitative estimate of drug-likeness (QED) is 0.363. The Hall–Kier alpha value is -4.18. The summed E-state index contributed by atoms with van der Waals surface area (Å²) in [5, 5.41) is 28.0. The standard InChI is InChI=1S/C26H26FN5O4/c1-14-10-17(27)20(12-22(14)34)29-19-4-7-28-24-23(19)25(35)31-21-11-16(2-3-18(21)30-24)26(36)32-8-5-15(13-32)6-9-33/h2-4,7,10-12,15,33-34H,5-6,8-9,13H2,1H3,(H,31,35)(H2,28,29,30). The normalized spacial score (nSPS) is 16.5. The van der Waals surface area contributed by atoms with Crippen molar-refractivity contribution in [3.63, 3.8) is 0 Å². The van der Waals surface area contributed by atoms with Crippen LogP contribution in [0.3, 0.4) is 0 Å². The molecule has 0 saturated carbocycles. The van der Waals surface area contributed by atoms with Crippen LogP contribution in [0.2, 0.25) is 0 Å². The summed E-state index contributed by atoms with van der Waals surface area (Å²) in [5.41, 5.74) is 2.27. The van der Waals surface area contributed by atoms with Crippen molar-refractivity contribution in [3.8, 4) is 5.75 Å². The van der Waals surface area contributed by atoms with E-state index in [0.717, 1.165) is 6.42 Å². The zero-order valence-electron chi connectivity index (χ0n) is 19.6. The largest absolute Gasteiger partial charge is 0.508 e. The Labute approximate surface area is 207 Å². The minimum atomic E-state index is -0.576. The molecule has 2 aliphatic rings. The van der Waals surface area contributed by atoms with Crippen molar-refractivity contribution in [2.24, 2.45) is 5.92 Å². The Morgan fingerprint density at radius 3 is 2.83 bits per heavy atom. The second kappa shape index (κ2) is 9.46. The topological polar surface area (TPSA) is 127 Å². The maximum Gasteiger partial charge on any atom is 0.261 e. The van der Waals surface area contributed by atoms with Gasteiger partial charge in [-0.25, -0.2) is 9.37 Å². The summed E-state index contributed by atoms with van der Waals surface area (Å²) < 4.78 is 14.5. The Morgan fingerprint density at radius 1 is 1.19 bits per heavy atom. The highest BCUT2D eigenvalue weighted by Crippen LogP contribution is 2.37. The molecule has 3 heterocycles. The number of pyridine rings is 1. The van der Waals surface area contributed by atoms with Crippen molar-refractivity contribution in [1.82, 2.24) is 9.88 Å². The van der Waals surface area contributed by atoms with Crippen LogP contribution in [0.5, 0.6) is 5.75 Å². The van der Waals surface area contributed by atoms with E-state index >= 15 is 0 Å². The number of phenols is 1. The van der Waals surface area contributed by atoms with Crippen molar-refractivity contribution >= 4 is 40.4 Å². The lowest BCUT2D eigenvalue weighted by atomic mass is 10.1. The van der Waals surface area contributed by atoms with Gasteiger partial charge in [-0.05, 0) is 61.6 Å². The van der Waals surface area contributed by atoms with Gasteiger partial charge in [0, 0.05) is 37.5 Å². The van der Waals surface area contributed by atoms with Gasteiger partial charge in [-0.2, -0.15) is 0 Å². The second-order valence-corrected chi connectivity index (χ2v) is 9.08. The van der Waals surface area contributed by atoms with Gasteiger partial charge in [0.2, 0.25) is 0 Å². The van der Waals surface area contributed by atoms with Crippen molar-refractivity contribution in [1.29, 1.82) is 0 Å². The van der Waals surface area contributed by atoms with Gasteiger partial charge in [0.1, 0.15) is 22.9 Å². The maximum atomic E-state index is 14.5. The third kappa shape index (κ3) is 4.42. The van der Waals surface area contributed by atoms with E-state index in [0.29, 0.717) is 47.7 Å². The molecule has 2 aromatic carbocycles. The molecular formula is C26H26FN5O4. The molecular weight excluding hydrogens is 465 g/mol. The van der Waals surface area contributed by atoms with E-state index in [2.05, 4.69) is 20.9 Å². The Kier molecular flexibility index (Phi) is 6.19. The number of carbonyl (C=O) groups is 2. The molecule has 36 heavy (non-hydrogen) atoms. The minimum Gasteiger partial charge on any atom is -0.508 e. The fraction of sp³-hybridized carbons (Fsp3) is 0.269. The SMILES string of the molecule is Cc1cc(F)c(Nc2ccnc3c2C(=O)Nc2cc(C(=O)N4CCC(CCO)C4)ccc2N3)cc1O. The van der Waals surface area contributed by atoms with Gasteiger partial charge < -0.3 is 31.1 Å². The first kappa shape index (κ1) is 23.6. The first-order valence-corrected chi connectivity index (χ1v) is 11.7. The summed E-state index contributed by atoms with van der Waals surface area (Å²) >= 11 is 0. The van der Waals surface area contributed by atoms with Crippen LogP contribution in [-0.4, -0.2) is 51.6 Å². The molecule has 1 saturated heterocycles. The molecule has 1 atom stereocenters. The zero-order chi connectivity index (χ0) is 25.4. The number of nitrogens with one attached hydrogen (secondary N) is 3. The second-order valence-electron chi connectivity index (χ2n) is 9.08. The molecule has 0 bridgehead atoms. The summed E-state index contributed by atoms with van der Waals surface area (Å²) in [5.74, 6) is -0.729. The highest BCUT2D eigenvalue weighted by molar-refractivity contribution is 6.15. The lowest BCUT2D eigenvalue weighted by molar-refractivity contribution is 0.0784. The highest BCUT2D eigenvalue weighted by atomic mass is 19.1. The number of rotatable bonds is 5. The van der Waals surface area contributed by atoms with Crippen LogP contribution in [0.25, 0.3) is 0 Å². The summed E-state index contributed by atoms with van der Waals surface area (Å²) in [7, 11) is 0. The fourth-order valence-electron chi connectivity index (χ4n) is 4.61. The number of anilines is 5. The smallest absolute Gasteiger partial charge is 0.261 e. The number of hydrogen-bond donors (Lipinski definition) is 5. The maximum absolute atomic E-state index is 14.5. The number of aryl methyl sites for hydroxylation is 1. The number of fused-ring (bicyclic) bond motifs is 2. The molecule has 2 aliphatic heterocycles. The molecule has 9 nitrogen and oxygen atoms in total. The van der Waals surface area contributed by atoms with Crippen LogP contribution < -0.4 is 16.0 Å². The lowest BCUT2D eigenvalue weighted by Gasteiger charge is -2.18. The van der Waals surface area contributed by atoms with Gasteiger partial charge in [0.15, 0.2) is 0 Å². The molecule has 0 radical (unpaired) electrons. The molecule has 1 aromatic heterocycles. The number of nitrogens with zero attached hydrogens (tertiary/aromatic N) is 2. The van der Waals surface area contributed by atoms with E-state index in [9.17, 15) is 24.2 Å². The average Bonchev–Trinajstić information content (AvgIpc) is 3.26. The molecule has 186 valence electrons. The Balaban J connectivity index is 1.41. The predicted molar refractivity (Wildman–Crippen MR) is 134 cm³/mol. The van der Waals surface area contributed by atoms with Crippen LogP contribution >= 0.6 is 0 Å². The zero-order valence-corrected chi connectivity index (χ0v) is 19.6. The number of amides is 2. The van der Waals surface area contributed by atoms with Gasteiger partial charge in [0.25, 0.3) is 11.8 Å². The molecule has 1 fully saturated rings. The van der Waals surface area contributed by atoms with Crippen LogP contribution in [0.4, 0.5) is 33.0 Å². The average molecular weight is 492 g/mol. The number of carbonyl (C=O) groups excluding carboxylic acids is 2. The van der Waals surface area contributed by atoms with Gasteiger partial charge in [0.05, 0.1) is 22.7 Å². The summed E-state index contributed by atoms with van der Waals surface area (Å²) in [6, 6.07) is 9.03. The molecule has 5 rings (SSSR count). The molecule has 10 heteroatoms. The van der Waals surface area contributed by atoms with Crippen LogP contribution in [0.15, 0.2) is 42.6 Å². The third-order valence-corrected chi connectivity index (χ3v) is 6.61. The van der Waals surface area contributed by atoms with E-state index in [4.69, 9.17) is 0 Å². The molecule has 0 aliphatic carbocycles. The number of hydrogen-bond acceptors (Lipinski definition) is 7. The highest BCUT2D eigenvalue weighted by Gasteiger charge is 2.28. The number of aliphatic hydroxyl groups excluding tert-OH is 1. The van der Waals surface area contributed by atoms with Crippen LogP contribution in [0.1, 0.15) is 39.1 Å². The monoisotopic (exact) mass is 491 g/mol. The van der Waals surface area contributed by atoms with Gasteiger partial charge >= 0.3 is 0 Å². The first-order chi connectivity index (χ1) is 17.3. The fourth-order valence-corrected chi connectivity index (χ4v) is 4.61. The van der Waals surface area contributed by atoms with Gasteiger partial charge in [-0.15, -0.1) is 0 Å². The van der Waals surface area contributed by atoms with Crippen molar-refractivity contribution in [2.45, 2.75) is 19.8 Å². The minimum absolute atomic E-state index is 0.0130. The summed E-state index contributed by atoms with van der Waals surface area (Å²) in [6.07, 6.45) is 3.00. The third-order valence-electron chi connectivity index (χ3n) is 6.61. The van der Waals surface area contributed by atoms with E-state index < -0.39 is 11.7 Å². The summed E-state index contributed by atoms with van der Waals surface area (Å²) in [4.78, 5) is 32.3. The number of likely N-dealkylation sites (tertiary alicyclic amines) is 1. The van der Waals surface area contributed by atoms with Crippen molar-refractivity contribution < 1.29 is 24.2 Å². The molecule has 3 aromatic rings.